The van der Waals surface area contributed by atoms with Crippen LogP contribution in [0.2, 0.25) is 5.02 Å². The number of nitrogens with one attached hydrogen (secondary N) is 1. The van der Waals surface area contributed by atoms with Crippen LogP contribution in [0.25, 0.3) is 68.2 Å². The summed E-state index contributed by atoms with van der Waals surface area (Å²) in [6.07, 6.45) is 2.27. The van der Waals surface area contributed by atoms with E-state index < -0.39 is 53.4 Å². The summed E-state index contributed by atoms with van der Waals surface area (Å²) in [7, 11) is 0. The lowest BCUT2D eigenvalue weighted by Crippen LogP contribution is -2.46. The fraction of sp³-hybridized carbons (Fsp3) is 0.242. The van der Waals surface area contributed by atoms with E-state index in [0.717, 1.165) is 63.9 Å². The Balaban J connectivity index is 0.549. The summed E-state index contributed by atoms with van der Waals surface area (Å²) in [4.78, 5) is 102. The molecule has 0 bridgehead atoms. The smallest absolute Gasteiger partial charge is 0.330 e. The largest absolute Gasteiger partial charge is 0.417 e. The predicted molar refractivity (Wildman–Crippen MR) is 505 cm³/mol. The molecule has 8 aromatic carbocycles. The highest BCUT2D eigenvalue weighted by Crippen LogP contribution is 2.43. The van der Waals surface area contributed by atoms with Crippen LogP contribution >= 0.6 is 59.4 Å². The third-order valence-corrected chi connectivity index (χ3v) is 29.2. The zero-order valence-corrected chi connectivity index (χ0v) is 78.5. The standard InChI is InChI=1S/C99H79Br3ClF6N21O6/c1-53-31-74-83(48-121(53)92(131)65-19-28-79(100)77(40-65)98(104,105)106)128-89(68(43-112-128)37-57-9-6-5-7-10-57)126(96(74)135)72-24-15-63(16-25-72)87-110-51-115-124(87)47-61-35-60(36-61)39-70-45-114-130-85-50-123(94(133)67-21-30-81(102)82(103)42-67)55(3)33-76(85)97(136)127(91(70)130)73-26-17-64(18-27-73)88-119-111-52-120(88)46-59-12-8-11-58(34-59)38-69-44-113-129-84-49-122(93(132)66-20-29-80(101)78(41-66)99(107,108)109)54(2)32-75(84)95(134)125(90(69)129)71-22-13-62(14-23-71)86-116-56(4)117-118-86/h5-30,34,40-45,51-55,60-61H,31-33,35-39,46-50H2,1-4H3,(H,116,117,118)/t53-,54-,55-,60?,61?/m0/s1. The summed E-state index contributed by atoms with van der Waals surface area (Å²) in [6, 6.07) is 50.5. The number of rotatable bonds is 19. The number of aryl methyl sites for hydroxylation is 1. The number of alkyl halides is 6. The molecule has 9 aromatic heterocycles. The Morgan fingerprint density at radius 3 is 1.39 bits per heavy atom. The number of amides is 3. The second kappa shape index (κ2) is 34.8. The minimum atomic E-state index is -4.73. The van der Waals surface area contributed by atoms with Crippen LogP contribution < -0.4 is 16.7 Å². The molecule has 17 aromatic rings. The minimum absolute atomic E-state index is 0.0857. The number of nitrogens with zero attached hydrogens (tertiary/aromatic N) is 20. The van der Waals surface area contributed by atoms with Gasteiger partial charge < -0.3 is 24.3 Å². The molecule has 0 radical (unpaired) electrons. The van der Waals surface area contributed by atoms with Crippen LogP contribution in [0.3, 0.4) is 0 Å². The van der Waals surface area contributed by atoms with Crippen molar-refractivity contribution in [3.63, 3.8) is 0 Å². The number of H-pyrrole nitrogens is 1. The molecule has 3 aliphatic heterocycles. The van der Waals surface area contributed by atoms with Gasteiger partial charge in [0.2, 0.25) is 0 Å². The second-order valence-electron chi connectivity index (χ2n) is 35.4. The first-order chi connectivity index (χ1) is 65.4. The maximum absolute atomic E-state index is 15.7. The molecule has 1 saturated carbocycles. The zero-order chi connectivity index (χ0) is 94.3. The van der Waals surface area contributed by atoms with Crippen molar-refractivity contribution in [3.05, 3.63) is 364 Å². The van der Waals surface area contributed by atoms with E-state index in [4.69, 9.17) is 37.0 Å². The van der Waals surface area contributed by atoms with Crippen LogP contribution in [0.4, 0.5) is 26.3 Å². The number of halogens is 10. The lowest BCUT2D eigenvalue weighted by atomic mass is 9.72. The molecule has 27 nitrogen and oxygen atoms in total. The van der Waals surface area contributed by atoms with E-state index in [1.54, 1.807) is 85.3 Å². The van der Waals surface area contributed by atoms with Gasteiger partial charge in [0.1, 0.15) is 35.4 Å². The first kappa shape index (κ1) is 88.7. The molecule has 0 spiro atoms. The molecule has 686 valence electrons. The highest BCUT2D eigenvalue weighted by atomic mass is 79.9. The molecule has 1 aliphatic carbocycles. The van der Waals surface area contributed by atoms with Crippen LogP contribution in [0.15, 0.2) is 241 Å². The maximum Gasteiger partial charge on any atom is 0.417 e. The average molecular weight is 2050 g/mol. The first-order valence-electron chi connectivity index (χ1n) is 44.0. The quantitative estimate of drug-likeness (QED) is 0.0737. The summed E-state index contributed by atoms with van der Waals surface area (Å²) in [5, 5.41) is 37.4. The van der Waals surface area contributed by atoms with Crippen molar-refractivity contribution in [3.8, 4) is 51.2 Å². The van der Waals surface area contributed by atoms with Crippen molar-refractivity contribution in [1.82, 2.24) is 102 Å². The Morgan fingerprint density at radius 2 is 0.912 bits per heavy atom. The van der Waals surface area contributed by atoms with Crippen LogP contribution in [-0.4, -0.2) is 138 Å². The molecule has 136 heavy (non-hydrogen) atoms. The summed E-state index contributed by atoms with van der Waals surface area (Å²) >= 11 is 16.0. The molecule has 3 atom stereocenters. The SMILES string of the molecule is Cc1nnc(-c2ccc(-n3c(=O)c4c(n5ncc(Cc6cccc(Cn7cnnc7-c7ccc(-n8c(=O)c9c(n%10ncc(CC%11CC(Cn%12ncnc%12-c%12ccc(-n%13c(=O)c%14c(n%15ncc(Cc%16ccccc%16)c%13%15)CN(C(=O)c%13ccc(Br)c(C(F)(F)F)c%13)[C@@H](C)C%14)cc%12)C%11)c8%10)CN(C(=O)c8ccc(Br)c(Cl)c8)[C@@H](C)C9)cc7)c6)c35)CN(C(=O)c3ccc(Br)c(C(F)(F)F)c3)[C@@H](C)C4)cc2)[nH]1. The van der Waals surface area contributed by atoms with Gasteiger partial charge in [0.25, 0.3) is 34.4 Å². The fourth-order valence-corrected chi connectivity index (χ4v) is 21.1. The van der Waals surface area contributed by atoms with E-state index in [-0.39, 0.29) is 99.8 Å². The summed E-state index contributed by atoms with van der Waals surface area (Å²) in [6.45, 7) is 8.02. The normalized spacial score (nSPS) is 16.7. The van der Waals surface area contributed by atoms with Gasteiger partial charge in [-0.15, -0.1) is 20.4 Å². The van der Waals surface area contributed by atoms with Gasteiger partial charge in [0.15, 0.2) is 17.5 Å². The minimum Gasteiger partial charge on any atom is -0.330 e. The Kier molecular flexibility index (Phi) is 22.7. The summed E-state index contributed by atoms with van der Waals surface area (Å²) in [5.41, 5.74) is 10.4. The van der Waals surface area contributed by atoms with Crippen LogP contribution in [0.1, 0.15) is 149 Å². The monoisotopic (exact) mass is 2040 g/mol. The van der Waals surface area contributed by atoms with E-state index in [2.05, 4.69) is 79.2 Å². The topological polar surface area (TPSA) is 282 Å². The third kappa shape index (κ3) is 16.1. The zero-order valence-electron chi connectivity index (χ0n) is 73.0. The molecular formula is C99H79Br3ClF6N21O6. The van der Waals surface area contributed by atoms with Gasteiger partial charge in [-0.1, -0.05) is 98.1 Å². The number of fused-ring (bicyclic) bond motifs is 9. The van der Waals surface area contributed by atoms with Crippen LogP contribution in [-0.2, 0) is 83.6 Å². The van der Waals surface area contributed by atoms with Crippen molar-refractivity contribution >= 4 is 94.1 Å². The molecule has 1 fully saturated rings. The Bertz CT molecular complexity index is 7910. The lowest BCUT2D eigenvalue weighted by molar-refractivity contribution is -0.139. The van der Waals surface area contributed by atoms with E-state index in [9.17, 15) is 40.7 Å². The van der Waals surface area contributed by atoms with Crippen LogP contribution in [0, 0.1) is 18.8 Å². The van der Waals surface area contributed by atoms with Crippen LogP contribution in [0.5, 0.6) is 0 Å². The van der Waals surface area contributed by atoms with E-state index >= 15 is 14.4 Å². The number of hydrogen-bond acceptors (Lipinski definition) is 15. The molecule has 0 unspecified atom stereocenters. The number of aromatic nitrogens is 18. The lowest BCUT2D eigenvalue weighted by Gasteiger charge is -2.36. The van der Waals surface area contributed by atoms with E-state index in [0.29, 0.717) is 143 Å². The van der Waals surface area contributed by atoms with Gasteiger partial charge in [0.05, 0.1) is 95.1 Å². The Morgan fingerprint density at radius 1 is 0.471 bits per heavy atom. The van der Waals surface area contributed by atoms with Gasteiger partial charge in [-0.25, -0.2) is 23.2 Å². The molecule has 37 heteroatoms. The van der Waals surface area contributed by atoms with Gasteiger partial charge in [-0.2, -0.15) is 46.7 Å². The van der Waals surface area contributed by atoms with Gasteiger partial charge in [0, 0.05) is 118 Å². The van der Waals surface area contributed by atoms with Crippen molar-refractivity contribution in [2.75, 3.05) is 0 Å². The summed E-state index contributed by atoms with van der Waals surface area (Å²) < 4.78 is 99.3. The fourth-order valence-electron chi connectivity index (χ4n) is 19.8. The molecule has 3 amide bonds. The maximum atomic E-state index is 15.7. The Labute approximate surface area is 800 Å². The van der Waals surface area contributed by atoms with Gasteiger partial charge in [-0.05, 0) is 238 Å². The first-order valence-corrected chi connectivity index (χ1v) is 46.8. The van der Waals surface area contributed by atoms with Crippen molar-refractivity contribution in [1.29, 1.82) is 0 Å². The molecule has 0 saturated heterocycles. The molecule has 21 rings (SSSR count). The van der Waals surface area contributed by atoms with Crippen molar-refractivity contribution < 1.29 is 40.7 Å². The van der Waals surface area contributed by atoms with Gasteiger partial charge in [-0.3, -0.25) is 42.5 Å². The predicted octanol–water partition coefficient (Wildman–Crippen LogP) is 17.9. The van der Waals surface area contributed by atoms with Crippen molar-refractivity contribution in [2.45, 2.75) is 142 Å². The van der Waals surface area contributed by atoms with Crippen molar-refractivity contribution in [2.24, 2.45) is 11.8 Å². The number of carbonyl (C=O) groups is 3. The Hall–Kier alpha value is -13.8. The number of carbonyl (C=O) groups excluding carboxylic acids is 3. The summed E-state index contributed by atoms with van der Waals surface area (Å²) in [5.74, 6) is 1.18. The molecule has 1 N–H and O–H groups in total. The molecule has 12 heterocycles. The third-order valence-electron chi connectivity index (χ3n) is 26.6. The molecular weight excluding hydrogens is 1970 g/mol. The van der Waals surface area contributed by atoms with E-state index in [1.165, 1.54) is 40.4 Å². The highest BCUT2D eigenvalue weighted by Gasteiger charge is 2.42. The average Bonchev–Trinajstić information content (AvgIpc) is 1.50. The number of benzene rings is 8. The van der Waals surface area contributed by atoms with Gasteiger partial charge >= 0.3 is 12.4 Å². The number of aromatic amines is 1. The number of hydrogen-bond donors (Lipinski definition) is 1. The second-order valence-corrected chi connectivity index (χ2v) is 38.4. The highest BCUT2D eigenvalue weighted by molar-refractivity contribution is 9.11. The molecule has 4 aliphatic rings. The van der Waals surface area contributed by atoms with E-state index in [1.807, 2.05) is 148 Å².